The smallest absolute Gasteiger partial charge is 0.419 e. The van der Waals surface area contributed by atoms with Crippen LogP contribution in [0.25, 0.3) is 17.2 Å². The summed E-state index contributed by atoms with van der Waals surface area (Å²) < 4.78 is 13.3. The summed E-state index contributed by atoms with van der Waals surface area (Å²) in [7, 11) is 2.10. The van der Waals surface area contributed by atoms with Crippen LogP contribution in [0.1, 0.15) is 64.7 Å². The number of hydrogen-bond donors (Lipinski definition) is 5. The Labute approximate surface area is 321 Å². The highest BCUT2D eigenvalue weighted by Gasteiger charge is 2.45. The van der Waals surface area contributed by atoms with E-state index in [1.807, 2.05) is 53.2 Å². The monoisotopic (exact) mass is 770 g/mol. The Morgan fingerprint density at radius 3 is 2.56 bits per heavy atom. The molecule has 11 nitrogen and oxygen atoms in total. The van der Waals surface area contributed by atoms with Gasteiger partial charge in [0, 0.05) is 30.4 Å². The molecule has 7 rings (SSSR count). The number of ether oxygens (including phenoxy) is 1. The number of oxazole rings is 1. The van der Waals surface area contributed by atoms with E-state index in [4.69, 9.17) is 9.15 Å². The molecule has 0 bridgehead atoms. The predicted molar refractivity (Wildman–Crippen MR) is 213 cm³/mol. The summed E-state index contributed by atoms with van der Waals surface area (Å²) in [4.78, 5) is 29.7. The number of aliphatic hydroxyl groups is 2. The maximum Gasteiger partial charge on any atom is 0.419 e. The lowest BCUT2D eigenvalue weighted by atomic mass is 9.91. The predicted octanol–water partition coefficient (Wildman–Crippen LogP) is 6.35. The van der Waals surface area contributed by atoms with E-state index in [2.05, 4.69) is 29.2 Å². The Morgan fingerprint density at radius 2 is 1.85 bits per heavy atom. The number of aryl methyl sites for hydroxylation is 1. The van der Waals surface area contributed by atoms with Crippen molar-refractivity contribution in [2.45, 2.75) is 68.9 Å². The second kappa shape index (κ2) is 16.5. The van der Waals surface area contributed by atoms with Crippen molar-refractivity contribution >= 4 is 51.5 Å². The highest BCUT2D eigenvalue weighted by molar-refractivity contribution is 7.12. The van der Waals surface area contributed by atoms with Crippen LogP contribution in [0.2, 0.25) is 0 Å². The number of benzene rings is 2. The molecule has 284 valence electrons. The highest BCUT2D eigenvalue weighted by Crippen LogP contribution is 2.39. The lowest BCUT2D eigenvalue weighted by Gasteiger charge is -2.35. The van der Waals surface area contributed by atoms with E-state index in [0.29, 0.717) is 64.4 Å². The van der Waals surface area contributed by atoms with Crippen molar-refractivity contribution in [1.29, 1.82) is 0 Å². The Kier molecular flexibility index (Phi) is 11.5. The normalized spacial score (nSPS) is 17.8. The third-order valence-corrected chi connectivity index (χ3v) is 12.5. The van der Waals surface area contributed by atoms with Gasteiger partial charge >= 0.3 is 11.7 Å². The number of carbonyl (C=O) groups excluding carboxylic acids is 1. The number of nitrogens with zero attached hydrogens (tertiary/aromatic N) is 2. The molecule has 13 heteroatoms. The molecule has 0 spiro atoms. The number of thiophene rings is 2. The van der Waals surface area contributed by atoms with Gasteiger partial charge in [0.25, 0.3) is 0 Å². The van der Waals surface area contributed by atoms with Crippen molar-refractivity contribution < 1.29 is 29.3 Å². The lowest BCUT2D eigenvalue weighted by Crippen LogP contribution is -2.42. The van der Waals surface area contributed by atoms with Gasteiger partial charge in [-0.1, -0.05) is 36.9 Å². The maximum atomic E-state index is 13.4. The molecule has 3 aromatic heterocycles. The highest BCUT2D eigenvalue weighted by atomic mass is 32.1. The third kappa shape index (κ3) is 7.97. The Bertz CT molecular complexity index is 2130. The lowest BCUT2D eigenvalue weighted by molar-refractivity contribution is -0.169. The summed E-state index contributed by atoms with van der Waals surface area (Å²) in [6, 6.07) is 16.7. The molecular weight excluding hydrogens is 725 g/mol. The molecule has 1 aliphatic heterocycles. The van der Waals surface area contributed by atoms with Crippen LogP contribution in [-0.2, 0) is 28.1 Å². The molecular formula is C41H46N4O7S2. The number of rotatable bonds is 15. The summed E-state index contributed by atoms with van der Waals surface area (Å²) >= 11 is 2.68. The van der Waals surface area contributed by atoms with Gasteiger partial charge in [0.15, 0.2) is 5.58 Å². The molecule has 1 atom stereocenters. The van der Waals surface area contributed by atoms with E-state index in [-0.39, 0.29) is 17.6 Å². The van der Waals surface area contributed by atoms with Crippen molar-refractivity contribution in [2.75, 3.05) is 32.0 Å². The van der Waals surface area contributed by atoms with E-state index < -0.39 is 17.7 Å². The van der Waals surface area contributed by atoms with Crippen molar-refractivity contribution in [2.24, 2.45) is 0 Å². The molecule has 1 fully saturated rings. The van der Waals surface area contributed by atoms with Crippen LogP contribution in [0.15, 0.2) is 92.9 Å². The topological polar surface area (TPSA) is 149 Å². The van der Waals surface area contributed by atoms with Gasteiger partial charge in [-0.2, -0.15) is 0 Å². The summed E-state index contributed by atoms with van der Waals surface area (Å²) in [6.07, 6.45) is 7.29. The molecule has 1 aliphatic carbocycles. The molecule has 2 aliphatic rings. The number of esters is 1. The molecule has 0 amide bonds. The van der Waals surface area contributed by atoms with Crippen molar-refractivity contribution in [3.8, 4) is 5.75 Å². The second-order valence-electron chi connectivity index (χ2n) is 14.1. The number of carbonyl (C=O) groups is 1. The number of fused-ring (bicyclic) bond motifs is 2. The zero-order chi connectivity index (χ0) is 37.8. The minimum atomic E-state index is -1.79. The summed E-state index contributed by atoms with van der Waals surface area (Å²) in [5, 5.41) is 42.8. The fourth-order valence-corrected chi connectivity index (χ4v) is 9.18. The maximum absolute atomic E-state index is 13.4. The summed E-state index contributed by atoms with van der Waals surface area (Å²) in [6.45, 7) is 6.16. The molecule has 2 aromatic carbocycles. The number of aliphatic hydroxyl groups excluding tert-OH is 1. The molecule has 1 saturated carbocycles. The number of nitrogens with one attached hydrogen (secondary N) is 2. The Morgan fingerprint density at radius 1 is 1.11 bits per heavy atom. The minimum Gasteiger partial charge on any atom is -0.506 e. The van der Waals surface area contributed by atoms with Gasteiger partial charge in [0.2, 0.25) is 5.60 Å². The van der Waals surface area contributed by atoms with Gasteiger partial charge in [-0.3, -0.25) is 4.57 Å². The molecule has 0 radical (unpaired) electrons. The molecule has 0 unspecified atom stereocenters. The summed E-state index contributed by atoms with van der Waals surface area (Å²) in [5.41, 5.74) is 3.21. The van der Waals surface area contributed by atoms with Crippen LogP contribution in [0.3, 0.4) is 0 Å². The van der Waals surface area contributed by atoms with E-state index in [1.54, 1.807) is 28.8 Å². The average Bonchev–Trinajstić information content (AvgIpc) is 3.97. The van der Waals surface area contributed by atoms with E-state index in [0.717, 1.165) is 55.3 Å². The quantitative estimate of drug-likeness (QED) is 0.0463. The van der Waals surface area contributed by atoms with Crippen molar-refractivity contribution in [3.63, 3.8) is 0 Å². The van der Waals surface area contributed by atoms with E-state index >= 15 is 0 Å². The Hall–Kier alpha value is -4.50. The SMILES string of the molecule is C=C1C=Cc2c([C@@H](O)CNCCc3ccc4c(c3)oc(=O)n4CCCN(C)C3CCC(OC(=O)C(O)(c4cccs4)c4cccs4)CC3)ccc(O)c2N1. The summed E-state index contributed by atoms with van der Waals surface area (Å²) in [5.74, 6) is -0.883. The number of aromatic nitrogens is 1. The molecule has 0 saturated heterocycles. The molecule has 5 N–H and O–H groups in total. The van der Waals surface area contributed by atoms with Crippen LogP contribution >= 0.6 is 22.7 Å². The van der Waals surface area contributed by atoms with Crippen LogP contribution in [0.5, 0.6) is 5.75 Å². The average molecular weight is 771 g/mol. The van der Waals surface area contributed by atoms with Crippen molar-refractivity contribution in [1.82, 2.24) is 14.8 Å². The van der Waals surface area contributed by atoms with Crippen LogP contribution in [0.4, 0.5) is 5.69 Å². The first-order valence-corrected chi connectivity index (χ1v) is 20.1. The van der Waals surface area contributed by atoms with Crippen molar-refractivity contribution in [3.05, 3.63) is 121 Å². The molecule has 54 heavy (non-hydrogen) atoms. The number of phenolic OH excluding ortho intramolecular Hbond substituents is 1. The van der Waals surface area contributed by atoms with Crippen LogP contribution < -0.4 is 16.4 Å². The first-order valence-electron chi connectivity index (χ1n) is 18.3. The zero-order valence-corrected chi connectivity index (χ0v) is 31.8. The molecule has 4 heterocycles. The number of anilines is 1. The number of aromatic hydroxyl groups is 1. The van der Waals surface area contributed by atoms with Gasteiger partial charge in [0.05, 0.1) is 27.1 Å². The number of hydrogen-bond acceptors (Lipinski definition) is 12. The van der Waals surface area contributed by atoms with Gasteiger partial charge in [-0.15, -0.1) is 22.7 Å². The van der Waals surface area contributed by atoms with E-state index in [9.17, 15) is 24.9 Å². The van der Waals surface area contributed by atoms with Gasteiger partial charge in [0.1, 0.15) is 11.9 Å². The van der Waals surface area contributed by atoms with Gasteiger partial charge in [-0.25, -0.2) is 9.59 Å². The third-order valence-electron chi connectivity index (χ3n) is 10.5. The van der Waals surface area contributed by atoms with Crippen LogP contribution in [0, 0.1) is 0 Å². The van der Waals surface area contributed by atoms with E-state index in [1.165, 1.54) is 22.7 Å². The molecule has 5 aromatic rings. The number of allylic oxidation sites excluding steroid dienone is 1. The largest absolute Gasteiger partial charge is 0.506 e. The second-order valence-corrected chi connectivity index (χ2v) is 16.0. The zero-order valence-electron chi connectivity index (χ0n) is 30.2. The fourth-order valence-electron chi connectivity index (χ4n) is 7.46. The first kappa shape index (κ1) is 37.8. The first-order chi connectivity index (χ1) is 26.1. The standard InChI is InChI=1S/C41H46N4O7S2/c1-26-8-14-31-30(15-17-33(46)38(31)43-26)34(47)25-42-19-18-27-9-16-32-35(24-27)52-40(49)45(32)21-5-20-44(2)28-10-12-29(13-11-28)51-39(48)41(50,36-6-3-22-53-36)37-7-4-23-54-37/h3-4,6-9,14-17,22-24,28-29,34,42-43,46-47,50H,1,5,10-13,18-21,25H2,2H3/t28?,29?,34-/m0/s1. The minimum absolute atomic E-state index is 0.106. The van der Waals surface area contributed by atoms with Crippen LogP contribution in [-0.4, -0.2) is 69.6 Å². The van der Waals surface area contributed by atoms with Gasteiger partial charge < -0.3 is 40.0 Å². The Balaban J connectivity index is 0.857. The fraction of sp³-hybridized carbons (Fsp3) is 0.366. The number of phenols is 1. The van der Waals surface area contributed by atoms with Gasteiger partial charge in [-0.05, 0) is 117 Å².